The van der Waals surface area contributed by atoms with Gasteiger partial charge in [-0.05, 0) is 192 Å². The van der Waals surface area contributed by atoms with Crippen molar-refractivity contribution < 1.29 is 0 Å². The quantitative estimate of drug-likeness (QED) is 0.159. The van der Waals surface area contributed by atoms with Crippen molar-refractivity contribution in [2.45, 2.75) is 181 Å². The van der Waals surface area contributed by atoms with Gasteiger partial charge in [-0.3, -0.25) is 0 Å². The van der Waals surface area contributed by atoms with Gasteiger partial charge in [0, 0.05) is 54.7 Å². The Labute approximate surface area is 466 Å². The van der Waals surface area contributed by atoms with Crippen molar-refractivity contribution in [1.29, 1.82) is 0 Å². The van der Waals surface area contributed by atoms with Crippen molar-refractivity contribution in [3.8, 4) is 0 Å². The van der Waals surface area contributed by atoms with Crippen LogP contribution in [0, 0.1) is 0 Å². The second-order valence-electron chi connectivity index (χ2n) is 29.3. The van der Waals surface area contributed by atoms with E-state index in [0.29, 0.717) is 0 Å². The lowest BCUT2D eigenvalue weighted by Crippen LogP contribution is -2.60. The summed E-state index contributed by atoms with van der Waals surface area (Å²) in [5.74, 6) is 0. The van der Waals surface area contributed by atoms with E-state index in [2.05, 4.69) is 283 Å². The van der Waals surface area contributed by atoms with E-state index < -0.39 is 0 Å². The Balaban J connectivity index is 1.25. The molecular weight excluding hydrogens is 950 g/mol. The van der Waals surface area contributed by atoms with Gasteiger partial charge in [0.05, 0.1) is 11.4 Å². The van der Waals surface area contributed by atoms with Crippen molar-refractivity contribution in [3.05, 3.63) is 178 Å². The maximum absolute atomic E-state index is 2.75. The minimum absolute atomic E-state index is 0.0117. The Morgan fingerprint density at radius 2 is 0.909 bits per heavy atom. The van der Waals surface area contributed by atoms with Gasteiger partial charge in [-0.1, -0.05) is 178 Å². The van der Waals surface area contributed by atoms with Crippen LogP contribution in [0.5, 0.6) is 0 Å². The van der Waals surface area contributed by atoms with Gasteiger partial charge >= 0.3 is 0 Å². The monoisotopic (exact) mass is 1030 g/mol. The van der Waals surface area contributed by atoms with Crippen LogP contribution in [-0.4, -0.2) is 6.71 Å². The Morgan fingerprint density at radius 1 is 0.429 bits per heavy atom. The fraction of sp³-hybridized carbons (Fsp3) is 0.389. The highest BCUT2D eigenvalue weighted by atomic mass is 32.1. The van der Waals surface area contributed by atoms with Crippen molar-refractivity contribution in [2.75, 3.05) is 14.7 Å². The summed E-state index contributed by atoms with van der Waals surface area (Å²) in [5.41, 5.74) is 23.8. The van der Waals surface area contributed by atoms with Crippen LogP contribution < -0.4 is 30.4 Å². The summed E-state index contributed by atoms with van der Waals surface area (Å²) in [6.07, 6.45) is 4.69. The molecule has 1 aromatic heterocycles. The third-order valence-electron chi connectivity index (χ3n) is 18.8. The van der Waals surface area contributed by atoms with Crippen LogP contribution in [0.4, 0.5) is 51.2 Å². The number of rotatable bonds is 5. The van der Waals surface area contributed by atoms with Crippen LogP contribution in [0.2, 0.25) is 0 Å². The predicted octanol–water partition coefficient (Wildman–Crippen LogP) is 19.0. The van der Waals surface area contributed by atoms with E-state index in [9.17, 15) is 0 Å². The number of para-hydroxylation sites is 1. The van der Waals surface area contributed by atoms with Gasteiger partial charge in [-0.15, -0.1) is 11.3 Å². The number of hydrogen-bond acceptors (Lipinski definition) is 4. The van der Waals surface area contributed by atoms with E-state index in [-0.39, 0.29) is 44.6 Å². The third-order valence-corrected chi connectivity index (χ3v) is 20.0. The first-order valence-corrected chi connectivity index (χ1v) is 29.6. The summed E-state index contributed by atoms with van der Waals surface area (Å²) in [4.78, 5) is 7.89. The highest BCUT2D eigenvalue weighted by Crippen LogP contribution is 2.55. The molecule has 5 heteroatoms. The molecule has 0 bridgehead atoms. The summed E-state index contributed by atoms with van der Waals surface area (Å²) in [6.45, 7) is 40.8. The molecule has 0 fully saturated rings. The Kier molecular flexibility index (Phi) is 11.6. The van der Waals surface area contributed by atoms with Crippen molar-refractivity contribution >= 4 is 95.0 Å². The van der Waals surface area contributed by atoms with E-state index in [1.54, 1.807) is 0 Å². The molecule has 4 aliphatic rings. The lowest BCUT2D eigenvalue weighted by atomic mass is 9.36. The average molecular weight is 1030 g/mol. The first kappa shape index (κ1) is 51.7. The van der Waals surface area contributed by atoms with Crippen LogP contribution >= 0.6 is 11.3 Å². The number of anilines is 9. The minimum Gasteiger partial charge on any atom is -0.311 e. The second kappa shape index (κ2) is 17.2. The molecule has 0 spiro atoms. The summed E-state index contributed by atoms with van der Waals surface area (Å²) in [5, 5.41) is 1.37. The van der Waals surface area contributed by atoms with Gasteiger partial charge in [-0.25, -0.2) is 0 Å². The number of nitrogens with zero attached hydrogens (tertiary/aromatic N) is 3. The molecule has 0 N–H and O–H groups in total. The van der Waals surface area contributed by atoms with Crippen LogP contribution in [0.3, 0.4) is 0 Å². The maximum atomic E-state index is 2.75. The Hall–Kier alpha value is -6.04. The predicted molar refractivity (Wildman–Crippen MR) is 337 cm³/mol. The number of thiophene rings is 1. The van der Waals surface area contributed by atoms with E-state index in [1.165, 1.54) is 118 Å². The van der Waals surface area contributed by atoms with Crippen LogP contribution in [0.15, 0.2) is 140 Å². The molecule has 394 valence electrons. The minimum atomic E-state index is -0.0521. The fourth-order valence-electron chi connectivity index (χ4n) is 13.6. The lowest BCUT2D eigenvalue weighted by Gasteiger charge is -2.45. The van der Waals surface area contributed by atoms with Gasteiger partial charge in [0.2, 0.25) is 0 Å². The first-order chi connectivity index (χ1) is 36.0. The van der Waals surface area contributed by atoms with Crippen LogP contribution in [0.1, 0.15) is 182 Å². The summed E-state index contributed by atoms with van der Waals surface area (Å²) < 4.78 is 2.82. The maximum Gasteiger partial charge on any atom is 0.264 e. The molecule has 2 aliphatic heterocycles. The second-order valence-corrected chi connectivity index (χ2v) is 30.3. The molecule has 3 nitrogen and oxygen atoms in total. The summed E-state index contributed by atoms with van der Waals surface area (Å²) in [7, 11) is 0. The zero-order valence-electron chi connectivity index (χ0n) is 49.4. The van der Waals surface area contributed by atoms with E-state index in [1.807, 2.05) is 0 Å². The molecule has 7 aromatic carbocycles. The van der Waals surface area contributed by atoms with E-state index in [4.69, 9.17) is 0 Å². The Bertz CT molecular complexity index is 3640. The van der Waals surface area contributed by atoms with Crippen LogP contribution in [-0.2, 0) is 37.9 Å². The van der Waals surface area contributed by atoms with Gasteiger partial charge in [0.15, 0.2) is 0 Å². The molecule has 0 amide bonds. The standard InChI is InChI=1S/C72H82BN3S/c1-66(2,3)45-23-28-49(29-24-45)74(48-21-19-18-20-22-48)52-41-60-63-61(42-52)76(51-32-33-54-55(40-51)70(12,13)36-35-69(54,10)11)64-53-43-56-57(72(16,17)38-37-71(56,14)15)44-62(53)77-65(64)73(63)58-39-47(68(7,8)9)27-34-59(58)75(60)50-30-25-46(26-31-50)67(4,5)6/h18-34,39-44H,35-38H2,1-17H3. The fourth-order valence-corrected chi connectivity index (χ4v) is 15.0. The van der Waals surface area contributed by atoms with Crippen LogP contribution in [0.25, 0.3) is 10.1 Å². The molecule has 0 saturated heterocycles. The first-order valence-electron chi connectivity index (χ1n) is 28.8. The normalized spacial score (nSPS) is 17.8. The molecule has 0 radical (unpaired) electrons. The largest absolute Gasteiger partial charge is 0.311 e. The van der Waals surface area contributed by atoms with Gasteiger partial charge in [-0.2, -0.15) is 0 Å². The molecule has 0 atom stereocenters. The van der Waals surface area contributed by atoms with Gasteiger partial charge in [0.25, 0.3) is 6.71 Å². The average Bonchev–Trinajstić information content (AvgIpc) is 3.92. The van der Waals surface area contributed by atoms with E-state index in [0.717, 1.165) is 23.5 Å². The molecule has 0 saturated carbocycles. The number of hydrogen-bond donors (Lipinski definition) is 0. The zero-order valence-corrected chi connectivity index (χ0v) is 50.3. The molecular formula is C72H82BN3S. The van der Waals surface area contributed by atoms with Gasteiger partial charge in [0.1, 0.15) is 0 Å². The molecule has 2 aliphatic carbocycles. The topological polar surface area (TPSA) is 9.72 Å². The summed E-state index contributed by atoms with van der Waals surface area (Å²) in [6, 6.07) is 55.4. The van der Waals surface area contributed by atoms with Crippen molar-refractivity contribution in [3.63, 3.8) is 0 Å². The molecule has 8 aromatic rings. The molecule has 3 heterocycles. The molecule has 12 rings (SSSR count). The van der Waals surface area contributed by atoms with Crippen molar-refractivity contribution in [1.82, 2.24) is 0 Å². The molecule has 77 heavy (non-hydrogen) atoms. The number of fused-ring (bicyclic) bond motifs is 8. The van der Waals surface area contributed by atoms with E-state index >= 15 is 0 Å². The van der Waals surface area contributed by atoms with Crippen molar-refractivity contribution in [2.24, 2.45) is 0 Å². The SMILES string of the molecule is CC(C)(C)c1ccc(N(c2ccccc2)c2cc3c4c(c2)N(c2ccc5c(c2)C(C)(C)CCC5(C)C)c2c(sc5cc6c(cc25)C(C)(C)CCC6(C)C)B4c2cc(C(C)(C)C)ccc2N3c2ccc(C(C)(C)C)cc2)cc1. The molecule has 0 unspecified atom stereocenters. The highest BCUT2D eigenvalue weighted by Gasteiger charge is 2.48. The smallest absolute Gasteiger partial charge is 0.264 e. The Morgan fingerprint density at radius 3 is 1.48 bits per heavy atom. The third kappa shape index (κ3) is 8.42. The zero-order chi connectivity index (χ0) is 54.7. The summed E-state index contributed by atoms with van der Waals surface area (Å²) >= 11 is 2.05. The highest BCUT2D eigenvalue weighted by molar-refractivity contribution is 7.33. The number of benzene rings is 7. The van der Waals surface area contributed by atoms with Gasteiger partial charge < -0.3 is 14.7 Å². The lowest BCUT2D eigenvalue weighted by molar-refractivity contribution is 0.332.